The third-order valence-electron chi connectivity index (χ3n) is 4.50. The number of aryl methyl sites for hydroxylation is 1. The van der Waals surface area contributed by atoms with Gasteiger partial charge in [-0.15, -0.1) is 0 Å². The number of rotatable bonds is 4. The topological polar surface area (TPSA) is 55.2 Å². The van der Waals surface area contributed by atoms with Crippen molar-refractivity contribution in [1.29, 1.82) is 0 Å². The largest absolute Gasteiger partial charge is 0.272 e. The van der Waals surface area contributed by atoms with Gasteiger partial charge in [-0.25, -0.2) is 8.42 Å². The second-order valence-corrected chi connectivity index (χ2v) is 8.31. The molecule has 1 aliphatic heterocycles. The molecule has 2 aromatic carbocycles. The monoisotopic (exact) mass is 341 g/mol. The molecule has 0 bridgehead atoms. The zero-order valence-electron chi connectivity index (χ0n) is 13.5. The molecule has 1 saturated heterocycles. The first-order valence-electron chi connectivity index (χ1n) is 8.01. The zero-order chi connectivity index (χ0) is 16.7. The third-order valence-corrected chi connectivity index (χ3v) is 6.39. The smallest absolute Gasteiger partial charge is 0.243 e. The SMILES string of the molecule is Cc1cnn(CC2CN(S(=O)(=O)c3cccc4ccccc34)C2)c1. The van der Waals surface area contributed by atoms with Crippen molar-refractivity contribution in [3.8, 4) is 0 Å². The lowest BCUT2D eigenvalue weighted by Gasteiger charge is -2.38. The molecule has 1 aliphatic rings. The highest BCUT2D eigenvalue weighted by Crippen LogP contribution is 2.30. The van der Waals surface area contributed by atoms with E-state index < -0.39 is 10.0 Å². The van der Waals surface area contributed by atoms with Gasteiger partial charge in [0, 0.05) is 37.1 Å². The molecule has 0 atom stereocenters. The van der Waals surface area contributed by atoms with E-state index in [-0.39, 0.29) is 0 Å². The van der Waals surface area contributed by atoms with Crippen molar-refractivity contribution < 1.29 is 8.42 Å². The Morgan fingerprint density at radius 3 is 2.62 bits per heavy atom. The first-order valence-corrected chi connectivity index (χ1v) is 9.45. The maximum absolute atomic E-state index is 12.9. The van der Waals surface area contributed by atoms with Gasteiger partial charge in [0.2, 0.25) is 10.0 Å². The standard InChI is InChI=1S/C18H19N3O2S/c1-14-9-19-20(10-14)11-15-12-21(13-15)24(22,23)18-8-4-6-16-5-2-3-7-17(16)18/h2-10,15H,11-13H2,1H3. The van der Waals surface area contributed by atoms with E-state index in [2.05, 4.69) is 5.10 Å². The lowest BCUT2D eigenvalue weighted by molar-refractivity contribution is 0.175. The van der Waals surface area contributed by atoms with Crippen LogP contribution < -0.4 is 0 Å². The minimum Gasteiger partial charge on any atom is -0.272 e. The second kappa shape index (κ2) is 5.72. The fourth-order valence-corrected chi connectivity index (χ4v) is 5.03. The fraction of sp³-hybridized carbons (Fsp3) is 0.278. The summed E-state index contributed by atoms with van der Waals surface area (Å²) in [4.78, 5) is 0.397. The fourth-order valence-electron chi connectivity index (χ4n) is 3.23. The van der Waals surface area contributed by atoms with Gasteiger partial charge in [0.1, 0.15) is 0 Å². The summed E-state index contributed by atoms with van der Waals surface area (Å²) in [5.74, 6) is 0.314. The first-order chi connectivity index (χ1) is 11.5. The average molecular weight is 341 g/mol. The van der Waals surface area contributed by atoms with Gasteiger partial charge >= 0.3 is 0 Å². The molecule has 1 aromatic heterocycles. The molecule has 1 fully saturated rings. The van der Waals surface area contributed by atoms with E-state index in [0.29, 0.717) is 23.9 Å². The van der Waals surface area contributed by atoms with Crippen molar-refractivity contribution >= 4 is 20.8 Å². The normalized spacial score (nSPS) is 16.4. The van der Waals surface area contributed by atoms with Crippen LogP contribution >= 0.6 is 0 Å². The van der Waals surface area contributed by atoms with Gasteiger partial charge < -0.3 is 0 Å². The molecule has 0 aliphatic carbocycles. The molecule has 0 N–H and O–H groups in total. The van der Waals surface area contributed by atoms with Gasteiger partial charge in [0.25, 0.3) is 0 Å². The maximum Gasteiger partial charge on any atom is 0.243 e. The summed E-state index contributed by atoms with van der Waals surface area (Å²) in [7, 11) is -3.45. The Balaban J connectivity index is 1.54. The predicted molar refractivity (Wildman–Crippen MR) is 93.2 cm³/mol. The van der Waals surface area contributed by atoms with Crippen LogP contribution in [0.3, 0.4) is 0 Å². The average Bonchev–Trinajstić information content (AvgIpc) is 2.95. The second-order valence-electron chi connectivity index (χ2n) is 6.41. The van der Waals surface area contributed by atoms with Crippen LogP contribution in [0.1, 0.15) is 5.56 Å². The van der Waals surface area contributed by atoms with E-state index in [1.165, 1.54) is 0 Å². The van der Waals surface area contributed by atoms with Crippen LogP contribution in [0.5, 0.6) is 0 Å². The Hall–Kier alpha value is -2.18. The summed E-state index contributed by atoms with van der Waals surface area (Å²) < 4.78 is 29.3. The number of hydrogen-bond donors (Lipinski definition) is 0. The Bertz CT molecular complexity index is 983. The van der Waals surface area contributed by atoms with Gasteiger partial charge in [-0.1, -0.05) is 36.4 Å². The summed E-state index contributed by atoms with van der Waals surface area (Å²) in [6.45, 7) is 3.85. The molecule has 4 rings (SSSR count). The molecule has 6 heteroatoms. The predicted octanol–water partition coefficient (Wildman–Crippen LogP) is 2.67. The van der Waals surface area contributed by atoms with Crippen LogP contribution in [0.4, 0.5) is 0 Å². The number of nitrogens with zero attached hydrogens (tertiary/aromatic N) is 3. The highest BCUT2D eigenvalue weighted by Gasteiger charge is 2.37. The lowest BCUT2D eigenvalue weighted by Crippen LogP contribution is -2.51. The minimum absolute atomic E-state index is 0.314. The molecule has 0 amide bonds. The third kappa shape index (κ3) is 2.61. The molecule has 124 valence electrons. The number of benzene rings is 2. The Morgan fingerprint density at radius 1 is 1.12 bits per heavy atom. The van der Waals surface area contributed by atoms with Gasteiger partial charge in [0.05, 0.1) is 11.1 Å². The highest BCUT2D eigenvalue weighted by atomic mass is 32.2. The van der Waals surface area contributed by atoms with Crippen molar-refractivity contribution in [2.75, 3.05) is 13.1 Å². The molecule has 5 nitrogen and oxygen atoms in total. The van der Waals surface area contributed by atoms with Crippen molar-refractivity contribution in [3.05, 3.63) is 60.4 Å². The highest BCUT2D eigenvalue weighted by molar-refractivity contribution is 7.89. The van der Waals surface area contributed by atoms with Gasteiger partial charge in [-0.3, -0.25) is 4.68 Å². The Kier molecular flexibility index (Phi) is 3.66. The van der Waals surface area contributed by atoms with Crippen LogP contribution in [0, 0.1) is 12.8 Å². The quantitative estimate of drug-likeness (QED) is 0.733. The number of aromatic nitrogens is 2. The minimum atomic E-state index is -3.45. The molecule has 0 radical (unpaired) electrons. The molecule has 0 unspecified atom stereocenters. The van der Waals surface area contributed by atoms with Crippen molar-refractivity contribution in [2.45, 2.75) is 18.4 Å². The van der Waals surface area contributed by atoms with E-state index >= 15 is 0 Å². The van der Waals surface area contributed by atoms with Crippen LogP contribution in [0.15, 0.2) is 59.8 Å². The van der Waals surface area contributed by atoms with E-state index in [0.717, 1.165) is 22.9 Å². The summed E-state index contributed by atoms with van der Waals surface area (Å²) >= 11 is 0. The Morgan fingerprint density at radius 2 is 1.88 bits per heavy atom. The summed E-state index contributed by atoms with van der Waals surface area (Å²) in [5.41, 5.74) is 1.12. The van der Waals surface area contributed by atoms with Crippen LogP contribution in [0.2, 0.25) is 0 Å². The Labute approximate surface area is 141 Å². The van der Waals surface area contributed by atoms with Crippen LogP contribution in [-0.2, 0) is 16.6 Å². The van der Waals surface area contributed by atoms with E-state index in [1.54, 1.807) is 16.4 Å². The zero-order valence-corrected chi connectivity index (χ0v) is 14.3. The van der Waals surface area contributed by atoms with E-state index in [4.69, 9.17) is 0 Å². The van der Waals surface area contributed by atoms with Crippen molar-refractivity contribution in [3.63, 3.8) is 0 Å². The van der Waals surface area contributed by atoms with Crippen LogP contribution in [0.25, 0.3) is 10.8 Å². The molecule has 2 heterocycles. The van der Waals surface area contributed by atoms with Crippen LogP contribution in [-0.4, -0.2) is 35.6 Å². The first kappa shape index (κ1) is 15.4. The van der Waals surface area contributed by atoms with E-state index in [9.17, 15) is 8.42 Å². The summed E-state index contributed by atoms with van der Waals surface area (Å²) in [5, 5.41) is 6.00. The maximum atomic E-state index is 12.9. The number of fused-ring (bicyclic) bond motifs is 1. The molecule has 24 heavy (non-hydrogen) atoms. The molecule has 3 aromatic rings. The number of hydrogen-bond acceptors (Lipinski definition) is 3. The van der Waals surface area contributed by atoms with E-state index in [1.807, 2.05) is 54.3 Å². The summed E-state index contributed by atoms with van der Waals surface area (Å²) in [6, 6.07) is 13.0. The number of sulfonamides is 1. The molecular formula is C18H19N3O2S. The van der Waals surface area contributed by atoms with Crippen molar-refractivity contribution in [1.82, 2.24) is 14.1 Å². The van der Waals surface area contributed by atoms with Gasteiger partial charge in [0.15, 0.2) is 0 Å². The van der Waals surface area contributed by atoms with Gasteiger partial charge in [-0.05, 0) is 23.9 Å². The lowest BCUT2D eigenvalue weighted by atomic mass is 10.0. The molecule has 0 saturated carbocycles. The van der Waals surface area contributed by atoms with Crippen molar-refractivity contribution in [2.24, 2.45) is 5.92 Å². The molecule has 0 spiro atoms. The summed E-state index contributed by atoms with van der Waals surface area (Å²) in [6.07, 6.45) is 3.81. The van der Waals surface area contributed by atoms with Gasteiger partial charge in [-0.2, -0.15) is 9.40 Å². The molecular weight excluding hydrogens is 322 g/mol.